The molecule has 0 saturated heterocycles. The highest BCUT2D eigenvalue weighted by atomic mass is 16.3. The van der Waals surface area contributed by atoms with E-state index in [0.717, 1.165) is 23.6 Å². The lowest BCUT2D eigenvalue weighted by molar-refractivity contribution is 0.0996. The van der Waals surface area contributed by atoms with Crippen LogP contribution < -0.4 is 16.0 Å². The van der Waals surface area contributed by atoms with Crippen molar-refractivity contribution in [3.05, 3.63) is 54.0 Å². The highest BCUT2D eigenvalue weighted by Crippen LogP contribution is 2.11. The Morgan fingerprint density at radius 1 is 1.25 bits per heavy atom. The minimum atomic E-state index is -0.260. The highest BCUT2D eigenvalue weighted by molar-refractivity contribution is 6.02. The zero-order valence-corrected chi connectivity index (χ0v) is 14.3. The van der Waals surface area contributed by atoms with Gasteiger partial charge in [-0.1, -0.05) is 19.1 Å². The van der Waals surface area contributed by atoms with Gasteiger partial charge in [-0.3, -0.25) is 9.79 Å². The molecule has 6 nitrogen and oxygen atoms in total. The number of rotatable bonds is 6. The molecule has 2 aromatic rings. The van der Waals surface area contributed by atoms with Gasteiger partial charge in [-0.25, -0.2) is 0 Å². The monoisotopic (exact) mass is 328 g/mol. The molecule has 1 heterocycles. The molecule has 1 unspecified atom stereocenters. The van der Waals surface area contributed by atoms with Crippen molar-refractivity contribution in [2.24, 2.45) is 4.99 Å². The number of amides is 1. The average molecular weight is 328 g/mol. The summed E-state index contributed by atoms with van der Waals surface area (Å²) < 4.78 is 5.07. The number of hydrogen-bond acceptors (Lipinski definition) is 3. The minimum absolute atomic E-state index is 0.260. The van der Waals surface area contributed by atoms with Crippen molar-refractivity contribution in [2.45, 2.75) is 32.9 Å². The van der Waals surface area contributed by atoms with Gasteiger partial charge in [0.1, 0.15) is 0 Å². The molecule has 0 bridgehead atoms. The molecule has 3 N–H and O–H groups in total. The molecule has 1 atom stereocenters. The number of aliphatic imine (C=N–C) groups is 1. The standard InChI is InChI=1S/C18H24N4O2/c1-4-13(2)21-18(19-3)20-12-14-7-9-15(10-8-14)22-17(23)16-6-5-11-24-16/h5-11,13H,4,12H2,1-3H3,(H,22,23)(H2,19,20,21). The molecule has 0 fully saturated rings. The summed E-state index contributed by atoms with van der Waals surface area (Å²) in [5.41, 5.74) is 1.82. The van der Waals surface area contributed by atoms with Crippen LogP contribution in [0.25, 0.3) is 0 Å². The fourth-order valence-corrected chi connectivity index (χ4v) is 2.02. The summed E-state index contributed by atoms with van der Waals surface area (Å²) in [6.07, 6.45) is 2.51. The number of guanidine groups is 1. The van der Waals surface area contributed by atoms with Crippen LogP contribution in [0.4, 0.5) is 5.69 Å². The topological polar surface area (TPSA) is 78.7 Å². The Kier molecular flexibility index (Phi) is 6.42. The van der Waals surface area contributed by atoms with Crippen molar-refractivity contribution >= 4 is 17.6 Å². The van der Waals surface area contributed by atoms with Gasteiger partial charge < -0.3 is 20.4 Å². The van der Waals surface area contributed by atoms with E-state index in [1.807, 2.05) is 24.3 Å². The van der Waals surface area contributed by atoms with Crippen molar-refractivity contribution in [3.8, 4) is 0 Å². The van der Waals surface area contributed by atoms with Gasteiger partial charge in [0.25, 0.3) is 5.91 Å². The van der Waals surface area contributed by atoms with E-state index in [9.17, 15) is 4.79 Å². The maximum absolute atomic E-state index is 11.9. The van der Waals surface area contributed by atoms with Crippen molar-refractivity contribution in [3.63, 3.8) is 0 Å². The van der Waals surface area contributed by atoms with Crippen molar-refractivity contribution in [1.82, 2.24) is 10.6 Å². The van der Waals surface area contributed by atoms with Crippen LogP contribution in [-0.4, -0.2) is 25.0 Å². The number of nitrogens with zero attached hydrogens (tertiary/aromatic N) is 1. The van der Waals surface area contributed by atoms with Crippen LogP contribution in [0.15, 0.2) is 52.1 Å². The van der Waals surface area contributed by atoms with Crippen molar-refractivity contribution in [2.75, 3.05) is 12.4 Å². The lowest BCUT2D eigenvalue weighted by Gasteiger charge is -2.16. The Hall–Kier alpha value is -2.76. The van der Waals surface area contributed by atoms with Gasteiger partial charge in [0.15, 0.2) is 11.7 Å². The van der Waals surface area contributed by atoms with Gasteiger partial charge in [-0.05, 0) is 43.2 Å². The number of benzene rings is 1. The molecule has 1 aromatic carbocycles. The molecule has 1 amide bonds. The Balaban J connectivity index is 1.86. The maximum atomic E-state index is 11.9. The molecule has 1 aromatic heterocycles. The summed E-state index contributed by atoms with van der Waals surface area (Å²) in [6.45, 7) is 4.90. The fraction of sp³-hybridized carbons (Fsp3) is 0.333. The number of hydrogen-bond donors (Lipinski definition) is 3. The first kappa shape index (κ1) is 17.6. The van der Waals surface area contributed by atoms with Gasteiger partial charge in [-0.2, -0.15) is 0 Å². The van der Waals surface area contributed by atoms with E-state index in [4.69, 9.17) is 4.42 Å². The molecule has 6 heteroatoms. The summed E-state index contributed by atoms with van der Waals surface area (Å²) in [6, 6.07) is 11.3. The van der Waals surface area contributed by atoms with Gasteiger partial charge in [0, 0.05) is 25.3 Å². The van der Waals surface area contributed by atoms with Gasteiger partial charge in [-0.15, -0.1) is 0 Å². The lowest BCUT2D eigenvalue weighted by Crippen LogP contribution is -2.41. The summed E-state index contributed by atoms with van der Waals surface area (Å²) in [4.78, 5) is 16.1. The first-order chi connectivity index (χ1) is 11.6. The molecule has 128 valence electrons. The molecule has 0 aliphatic heterocycles. The number of anilines is 1. The molecule has 0 aliphatic carbocycles. The Bertz CT molecular complexity index is 663. The third kappa shape index (κ3) is 5.15. The smallest absolute Gasteiger partial charge is 0.291 e. The zero-order valence-electron chi connectivity index (χ0n) is 14.3. The third-order valence-corrected chi connectivity index (χ3v) is 3.64. The van der Waals surface area contributed by atoms with E-state index >= 15 is 0 Å². The van der Waals surface area contributed by atoms with Crippen molar-refractivity contribution in [1.29, 1.82) is 0 Å². The largest absolute Gasteiger partial charge is 0.459 e. The molecule has 2 rings (SSSR count). The third-order valence-electron chi connectivity index (χ3n) is 3.64. The van der Waals surface area contributed by atoms with Gasteiger partial charge >= 0.3 is 0 Å². The molecule has 0 spiro atoms. The zero-order chi connectivity index (χ0) is 17.4. The number of nitrogens with one attached hydrogen (secondary N) is 3. The number of carbonyl (C=O) groups excluding carboxylic acids is 1. The summed E-state index contributed by atoms with van der Waals surface area (Å²) in [5, 5.41) is 9.37. The highest BCUT2D eigenvalue weighted by Gasteiger charge is 2.08. The summed E-state index contributed by atoms with van der Waals surface area (Å²) >= 11 is 0. The quantitative estimate of drug-likeness (QED) is 0.563. The number of furan rings is 1. The summed E-state index contributed by atoms with van der Waals surface area (Å²) in [7, 11) is 1.75. The molecule has 0 radical (unpaired) electrons. The van der Waals surface area contributed by atoms with Crippen LogP contribution >= 0.6 is 0 Å². The molecular formula is C18H24N4O2. The summed E-state index contributed by atoms with van der Waals surface area (Å²) in [5.74, 6) is 0.809. The second-order valence-corrected chi connectivity index (χ2v) is 5.51. The normalized spacial score (nSPS) is 12.5. The molecule has 24 heavy (non-hydrogen) atoms. The second kappa shape index (κ2) is 8.76. The average Bonchev–Trinajstić information content (AvgIpc) is 3.14. The van der Waals surface area contributed by atoms with E-state index in [1.165, 1.54) is 6.26 Å². The van der Waals surface area contributed by atoms with Gasteiger partial charge in [0.2, 0.25) is 0 Å². The predicted molar refractivity (Wildman–Crippen MR) is 96.2 cm³/mol. The van der Waals surface area contributed by atoms with Crippen LogP contribution in [0, 0.1) is 0 Å². The van der Waals surface area contributed by atoms with E-state index in [1.54, 1.807) is 19.2 Å². The van der Waals surface area contributed by atoms with Crippen LogP contribution in [0.5, 0.6) is 0 Å². The first-order valence-electron chi connectivity index (χ1n) is 8.03. The minimum Gasteiger partial charge on any atom is -0.459 e. The fourth-order valence-electron chi connectivity index (χ4n) is 2.02. The van der Waals surface area contributed by atoms with E-state index < -0.39 is 0 Å². The molecule has 0 saturated carbocycles. The Morgan fingerprint density at radius 3 is 2.58 bits per heavy atom. The number of carbonyl (C=O) groups is 1. The van der Waals surface area contributed by atoms with Crippen LogP contribution in [0.1, 0.15) is 36.4 Å². The Morgan fingerprint density at radius 2 is 2.00 bits per heavy atom. The van der Waals surface area contributed by atoms with Gasteiger partial charge in [0.05, 0.1) is 6.26 Å². The Labute approximate surface area is 142 Å². The lowest BCUT2D eigenvalue weighted by atomic mass is 10.2. The molecule has 0 aliphatic rings. The first-order valence-corrected chi connectivity index (χ1v) is 8.03. The maximum Gasteiger partial charge on any atom is 0.291 e. The van der Waals surface area contributed by atoms with Crippen LogP contribution in [0.2, 0.25) is 0 Å². The SMILES string of the molecule is CCC(C)NC(=NC)NCc1ccc(NC(=O)c2ccco2)cc1. The van der Waals surface area contributed by atoms with Crippen LogP contribution in [-0.2, 0) is 6.54 Å². The van der Waals surface area contributed by atoms with Crippen molar-refractivity contribution < 1.29 is 9.21 Å². The van der Waals surface area contributed by atoms with Crippen LogP contribution in [0.3, 0.4) is 0 Å². The second-order valence-electron chi connectivity index (χ2n) is 5.51. The van der Waals surface area contributed by atoms with E-state index in [0.29, 0.717) is 18.3 Å². The van der Waals surface area contributed by atoms with E-state index in [2.05, 4.69) is 34.8 Å². The molecular weight excluding hydrogens is 304 g/mol. The van der Waals surface area contributed by atoms with E-state index in [-0.39, 0.29) is 5.91 Å². The predicted octanol–water partition coefficient (Wildman–Crippen LogP) is 3.00.